The summed E-state index contributed by atoms with van der Waals surface area (Å²) in [6, 6.07) is 4.54. The van der Waals surface area contributed by atoms with E-state index in [2.05, 4.69) is 32.3 Å². The van der Waals surface area contributed by atoms with Gasteiger partial charge in [0.25, 0.3) is 0 Å². The highest BCUT2D eigenvalue weighted by atomic mass is 16.7. The molecule has 0 aliphatic carbocycles. The highest BCUT2D eigenvalue weighted by Crippen LogP contribution is 2.41. The van der Waals surface area contributed by atoms with Gasteiger partial charge in [-0.2, -0.15) is 0 Å². The number of hydrogen-bond acceptors (Lipinski definition) is 14. The Hall–Kier alpha value is -4.20. The second-order valence-corrected chi connectivity index (χ2v) is 16.3. The standard InChI is InChI=1S/C42H59N5O10/c1-12-33-42(8)37(45-40(51)57-42)25(4)34(46-52-11)27(6)41(7,53-18-14-15-28-20-30-29(44-22-28)16-13-17-43-30)21-32(24(3)35(48)26(5)38(50)56-33)55-39-36(49)31(47(9)10)19-23(2)54-39/h13,16-17,20,22-27,31-33,36-37,39,49H,12,18-19,21H2,1-11H3,(H,45,51)/b46-34-/t23-,24-,25-,26-,27+,31+,32+,33+,36-,37?,39?,41-,42-/m1/s1. The summed E-state index contributed by atoms with van der Waals surface area (Å²) in [5.74, 6) is 1.83. The molecule has 0 saturated carbocycles. The SMILES string of the molecule is CC[C@@H]1OC(=O)[C@H](C)C(=O)[C@H](C)[C@@H](OC2O[C@H](C)C[C@H](N(C)C)[C@H]2O)C[C@@](C)(OCC#Cc2cnc3cccnc3c2)[C@@H](C)/C(=N\OC)[C@@H](C)C2NC(=O)O[C@@]21C. The number of nitrogens with zero attached hydrogens (tertiary/aromatic N) is 4. The normalized spacial score (nSPS) is 37.4. The molecule has 0 aromatic carbocycles. The van der Waals surface area contributed by atoms with Crippen LogP contribution < -0.4 is 5.32 Å². The first-order chi connectivity index (χ1) is 26.9. The Morgan fingerprint density at radius 1 is 1.09 bits per heavy atom. The van der Waals surface area contributed by atoms with Crippen LogP contribution in [0.5, 0.6) is 0 Å². The van der Waals surface area contributed by atoms with Crippen LogP contribution in [0.25, 0.3) is 11.0 Å². The summed E-state index contributed by atoms with van der Waals surface area (Å²) in [5, 5.41) is 19.0. The van der Waals surface area contributed by atoms with Crippen LogP contribution in [-0.4, -0.2) is 125 Å². The van der Waals surface area contributed by atoms with Crippen molar-refractivity contribution in [2.45, 2.75) is 129 Å². The van der Waals surface area contributed by atoms with Gasteiger partial charge < -0.3 is 43.8 Å². The molecule has 3 aliphatic heterocycles. The molecule has 15 heteroatoms. The van der Waals surface area contributed by atoms with Crippen LogP contribution in [0.2, 0.25) is 0 Å². The maximum Gasteiger partial charge on any atom is 0.408 e. The number of oxime groups is 1. The van der Waals surface area contributed by atoms with Crippen molar-refractivity contribution in [2.24, 2.45) is 28.8 Å². The van der Waals surface area contributed by atoms with Gasteiger partial charge in [-0.15, -0.1) is 0 Å². The molecule has 15 nitrogen and oxygen atoms in total. The molecule has 0 spiro atoms. The fraction of sp³-hybridized carbons (Fsp3) is 0.667. The van der Waals surface area contributed by atoms with Crippen molar-refractivity contribution in [2.75, 3.05) is 27.8 Å². The van der Waals surface area contributed by atoms with Gasteiger partial charge in [-0.3, -0.25) is 19.6 Å². The molecule has 0 radical (unpaired) electrons. The molecular weight excluding hydrogens is 734 g/mol. The number of carbonyl (C=O) groups is 3. The van der Waals surface area contributed by atoms with Crippen LogP contribution in [0.15, 0.2) is 35.7 Å². The first-order valence-corrected chi connectivity index (χ1v) is 19.8. The Balaban J connectivity index is 1.60. The zero-order valence-corrected chi connectivity index (χ0v) is 35.0. The van der Waals surface area contributed by atoms with Gasteiger partial charge in [0.05, 0.1) is 40.6 Å². The van der Waals surface area contributed by atoms with E-state index in [0.717, 1.165) is 5.52 Å². The van der Waals surface area contributed by atoms with E-state index in [1.54, 1.807) is 26.2 Å². The fourth-order valence-corrected chi connectivity index (χ4v) is 8.43. The predicted molar refractivity (Wildman–Crippen MR) is 211 cm³/mol. The van der Waals surface area contributed by atoms with E-state index in [1.807, 2.05) is 71.8 Å². The Morgan fingerprint density at radius 2 is 1.82 bits per heavy atom. The number of Topliss-reactive ketones (excluding diaryl/α,β-unsaturated/α-hetero) is 1. The molecule has 3 saturated heterocycles. The number of alkyl carbamates (subject to hydrolysis) is 1. The lowest BCUT2D eigenvalue weighted by atomic mass is 9.72. The monoisotopic (exact) mass is 793 g/mol. The summed E-state index contributed by atoms with van der Waals surface area (Å²) in [7, 11) is 5.20. The molecule has 5 rings (SSSR count). The summed E-state index contributed by atoms with van der Waals surface area (Å²) >= 11 is 0. The number of aliphatic hydroxyl groups is 1. The van der Waals surface area contributed by atoms with Crippen molar-refractivity contribution in [3.63, 3.8) is 0 Å². The predicted octanol–water partition coefficient (Wildman–Crippen LogP) is 4.28. The van der Waals surface area contributed by atoms with Gasteiger partial charge in [0.15, 0.2) is 17.7 Å². The molecule has 57 heavy (non-hydrogen) atoms. The maximum absolute atomic E-state index is 14.4. The molecule has 1 amide bonds. The van der Waals surface area contributed by atoms with E-state index in [4.69, 9.17) is 28.5 Å². The van der Waals surface area contributed by atoms with Crippen LogP contribution in [0.4, 0.5) is 4.79 Å². The van der Waals surface area contributed by atoms with Crippen LogP contribution in [0.3, 0.4) is 0 Å². The molecule has 2 unspecified atom stereocenters. The summed E-state index contributed by atoms with van der Waals surface area (Å²) in [4.78, 5) is 57.4. The number of esters is 1. The molecule has 2 aromatic rings. The maximum atomic E-state index is 14.4. The van der Waals surface area contributed by atoms with Gasteiger partial charge in [-0.05, 0) is 72.8 Å². The largest absolute Gasteiger partial charge is 0.458 e. The van der Waals surface area contributed by atoms with Gasteiger partial charge in [-0.1, -0.05) is 44.7 Å². The number of carbonyl (C=O) groups excluding carboxylic acids is 3. The minimum Gasteiger partial charge on any atom is -0.458 e. The number of pyridine rings is 2. The molecule has 3 aliphatic rings. The zero-order chi connectivity index (χ0) is 41.8. The minimum absolute atomic E-state index is 0.0469. The molecule has 3 fully saturated rings. The highest BCUT2D eigenvalue weighted by molar-refractivity contribution is 6.00. The molecule has 312 valence electrons. The third-order valence-corrected chi connectivity index (χ3v) is 12.1. The number of likely N-dealkylation sites (N-methyl/N-ethyl adjacent to an activating group) is 1. The van der Waals surface area contributed by atoms with Crippen LogP contribution in [0.1, 0.15) is 80.2 Å². The van der Waals surface area contributed by atoms with Gasteiger partial charge in [0, 0.05) is 48.2 Å². The van der Waals surface area contributed by atoms with E-state index in [1.165, 1.54) is 14.0 Å². The Bertz CT molecular complexity index is 1860. The van der Waals surface area contributed by atoms with Crippen molar-refractivity contribution in [1.29, 1.82) is 0 Å². The van der Waals surface area contributed by atoms with Gasteiger partial charge in [0.1, 0.15) is 31.8 Å². The number of hydrogen-bond donors (Lipinski definition) is 2. The van der Waals surface area contributed by atoms with Gasteiger partial charge in [-0.25, -0.2) is 4.79 Å². The van der Waals surface area contributed by atoms with Crippen LogP contribution in [-0.2, 0) is 38.1 Å². The van der Waals surface area contributed by atoms with E-state index in [9.17, 15) is 19.5 Å². The first-order valence-electron chi connectivity index (χ1n) is 19.8. The van der Waals surface area contributed by atoms with E-state index >= 15 is 0 Å². The van der Waals surface area contributed by atoms with Crippen molar-refractivity contribution in [1.82, 2.24) is 20.2 Å². The number of aliphatic hydroxyl groups excluding tert-OH is 1. The lowest BCUT2D eigenvalue weighted by Crippen LogP contribution is -2.59. The molecule has 13 atom stereocenters. The number of nitrogens with one attached hydrogen (secondary N) is 1. The Kier molecular flexibility index (Phi) is 14.0. The van der Waals surface area contributed by atoms with E-state index in [0.29, 0.717) is 29.6 Å². The number of cyclic esters (lactones) is 1. The summed E-state index contributed by atoms with van der Waals surface area (Å²) in [6.45, 7) is 14.3. The van der Waals surface area contributed by atoms with Crippen LogP contribution in [0, 0.1) is 35.5 Å². The average Bonchev–Trinajstić information content (AvgIpc) is 3.50. The number of ether oxygens (including phenoxy) is 5. The number of fused-ring (bicyclic) bond motifs is 2. The summed E-state index contributed by atoms with van der Waals surface area (Å²) < 4.78 is 31.6. The van der Waals surface area contributed by atoms with Crippen LogP contribution >= 0.6 is 0 Å². The van der Waals surface area contributed by atoms with E-state index in [-0.39, 0.29) is 25.2 Å². The third kappa shape index (κ3) is 9.42. The first kappa shape index (κ1) is 43.9. The molecular formula is C42H59N5O10. The topological polar surface area (TPSA) is 180 Å². The molecule has 2 aromatic heterocycles. The highest BCUT2D eigenvalue weighted by Gasteiger charge is 2.57. The Labute approximate surface area is 335 Å². The summed E-state index contributed by atoms with van der Waals surface area (Å²) in [6.07, 6.45) is -0.635. The molecule has 0 bridgehead atoms. The summed E-state index contributed by atoms with van der Waals surface area (Å²) in [5.41, 5.74) is 0.104. The molecule has 2 N–H and O–H groups in total. The number of aromatic nitrogens is 2. The molecule has 5 heterocycles. The van der Waals surface area contributed by atoms with Crippen molar-refractivity contribution < 1.29 is 48.0 Å². The lowest BCUT2D eigenvalue weighted by Gasteiger charge is -2.46. The number of amides is 1. The Morgan fingerprint density at radius 3 is 2.51 bits per heavy atom. The van der Waals surface area contributed by atoms with Crippen molar-refractivity contribution in [3.8, 4) is 11.8 Å². The fourth-order valence-electron chi connectivity index (χ4n) is 8.43. The van der Waals surface area contributed by atoms with Gasteiger partial charge in [0.2, 0.25) is 0 Å². The average molecular weight is 794 g/mol. The number of rotatable bonds is 7. The zero-order valence-electron chi connectivity index (χ0n) is 35.0. The second-order valence-electron chi connectivity index (χ2n) is 16.3. The van der Waals surface area contributed by atoms with E-state index < -0.39 is 83.4 Å². The lowest BCUT2D eigenvalue weighted by molar-refractivity contribution is -0.277. The van der Waals surface area contributed by atoms with Crippen molar-refractivity contribution >= 4 is 34.6 Å². The minimum atomic E-state index is -1.33. The quantitative estimate of drug-likeness (QED) is 0.176. The third-order valence-electron chi connectivity index (χ3n) is 12.1. The number of ketones is 1. The van der Waals surface area contributed by atoms with Crippen molar-refractivity contribution in [3.05, 3.63) is 36.2 Å². The second kappa shape index (κ2) is 18.2. The van der Waals surface area contributed by atoms with Gasteiger partial charge >= 0.3 is 12.1 Å². The smallest absolute Gasteiger partial charge is 0.408 e.